The topological polar surface area (TPSA) is 58.6 Å². The Bertz CT molecular complexity index is 443. The van der Waals surface area contributed by atoms with E-state index in [9.17, 15) is 18.0 Å². The van der Waals surface area contributed by atoms with Gasteiger partial charge in [-0.1, -0.05) is 26.0 Å². The molecule has 2 N–H and O–H groups in total. The Kier molecular flexibility index (Phi) is 5.38. The van der Waals surface area contributed by atoms with Crippen LogP contribution in [0.15, 0.2) is 24.3 Å². The molecule has 0 spiro atoms. The molecule has 0 aliphatic carbocycles. The highest BCUT2D eigenvalue weighted by Gasteiger charge is 2.30. The van der Waals surface area contributed by atoms with Gasteiger partial charge in [0.05, 0.1) is 0 Å². The van der Waals surface area contributed by atoms with Crippen molar-refractivity contribution >= 4 is 5.97 Å². The zero-order valence-electron chi connectivity index (χ0n) is 11.1. The quantitative estimate of drug-likeness (QED) is 0.846. The van der Waals surface area contributed by atoms with E-state index in [1.54, 1.807) is 13.8 Å². The summed E-state index contributed by atoms with van der Waals surface area (Å²) in [7, 11) is 0. The molecule has 0 unspecified atom stereocenters. The number of ether oxygens (including phenoxy) is 1. The van der Waals surface area contributed by atoms with E-state index in [1.165, 1.54) is 24.3 Å². The molecule has 112 valence electrons. The van der Waals surface area contributed by atoms with E-state index in [4.69, 9.17) is 5.11 Å². The number of carboxylic acids is 1. The number of rotatable bonds is 6. The van der Waals surface area contributed by atoms with Crippen molar-refractivity contribution in [1.29, 1.82) is 0 Å². The molecule has 1 aromatic rings. The maximum Gasteiger partial charge on any atom is 0.573 e. The number of benzene rings is 1. The highest BCUT2D eigenvalue weighted by Crippen LogP contribution is 2.22. The lowest BCUT2D eigenvalue weighted by atomic mass is 10.0. The number of hydrogen-bond acceptors (Lipinski definition) is 3. The lowest BCUT2D eigenvalue weighted by molar-refractivity contribution is -0.274. The Morgan fingerprint density at radius 3 is 2.25 bits per heavy atom. The van der Waals surface area contributed by atoms with Gasteiger partial charge in [0.15, 0.2) is 0 Å². The Morgan fingerprint density at radius 1 is 1.30 bits per heavy atom. The molecular formula is C13H16F3NO3. The summed E-state index contributed by atoms with van der Waals surface area (Å²) in [4.78, 5) is 11.0. The lowest BCUT2D eigenvalue weighted by Gasteiger charge is -2.18. The third kappa shape index (κ3) is 5.48. The second kappa shape index (κ2) is 6.60. The molecule has 0 aliphatic heterocycles. The fourth-order valence-electron chi connectivity index (χ4n) is 1.64. The first kappa shape index (κ1) is 16.3. The molecular weight excluding hydrogens is 275 g/mol. The van der Waals surface area contributed by atoms with E-state index in [2.05, 4.69) is 10.1 Å². The van der Waals surface area contributed by atoms with Gasteiger partial charge in [0, 0.05) is 6.54 Å². The average molecular weight is 291 g/mol. The summed E-state index contributed by atoms with van der Waals surface area (Å²) in [5, 5.41) is 11.8. The number of hydrogen-bond donors (Lipinski definition) is 2. The molecule has 0 aliphatic rings. The van der Waals surface area contributed by atoms with Crippen molar-refractivity contribution in [1.82, 2.24) is 5.32 Å². The third-order valence-electron chi connectivity index (χ3n) is 2.62. The molecule has 1 rings (SSSR count). The summed E-state index contributed by atoms with van der Waals surface area (Å²) in [5.41, 5.74) is 0.673. The maximum absolute atomic E-state index is 12.0. The number of carboxylic acid groups (broad SMARTS) is 1. The monoisotopic (exact) mass is 291 g/mol. The second-order valence-electron chi connectivity index (χ2n) is 4.63. The van der Waals surface area contributed by atoms with Crippen molar-refractivity contribution in [3.63, 3.8) is 0 Å². The second-order valence-corrected chi connectivity index (χ2v) is 4.63. The molecule has 0 fully saturated rings. The number of halogens is 3. The Labute approximate surface area is 114 Å². The minimum Gasteiger partial charge on any atom is -0.480 e. The average Bonchev–Trinajstić information content (AvgIpc) is 2.28. The van der Waals surface area contributed by atoms with Crippen molar-refractivity contribution in [2.75, 3.05) is 0 Å². The SMILES string of the molecule is CC(C)[C@@H](NCc1ccc(OC(F)(F)F)cc1)C(=O)O. The summed E-state index contributed by atoms with van der Waals surface area (Å²) in [6.07, 6.45) is -4.72. The number of aliphatic carboxylic acids is 1. The number of alkyl halides is 3. The van der Waals surface area contributed by atoms with Crippen LogP contribution >= 0.6 is 0 Å². The molecule has 7 heteroatoms. The van der Waals surface area contributed by atoms with Crippen LogP contribution < -0.4 is 10.1 Å². The minimum absolute atomic E-state index is 0.0969. The lowest BCUT2D eigenvalue weighted by Crippen LogP contribution is -2.40. The van der Waals surface area contributed by atoms with Crippen LogP contribution in [0.5, 0.6) is 5.75 Å². The van der Waals surface area contributed by atoms with E-state index >= 15 is 0 Å². The van der Waals surface area contributed by atoms with Crippen LogP contribution in [0.3, 0.4) is 0 Å². The molecule has 0 saturated carbocycles. The summed E-state index contributed by atoms with van der Waals surface area (Å²) >= 11 is 0. The normalized spacial score (nSPS) is 13.3. The van der Waals surface area contributed by atoms with E-state index < -0.39 is 18.4 Å². The van der Waals surface area contributed by atoms with Crippen LogP contribution in [-0.2, 0) is 11.3 Å². The molecule has 0 heterocycles. The minimum atomic E-state index is -4.72. The van der Waals surface area contributed by atoms with Gasteiger partial charge < -0.3 is 15.2 Å². The third-order valence-corrected chi connectivity index (χ3v) is 2.62. The summed E-state index contributed by atoms with van der Waals surface area (Å²) in [6.45, 7) is 3.79. The predicted octanol–water partition coefficient (Wildman–Crippen LogP) is 2.78. The highest BCUT2D eigenvalue weighted by molar-refractivity contribution is 5.73. The zero-order chi connectivity index (χ0) is 15.3. The van der Waals surface area contributed by atoms with E-state index in [-0.39, 0.29) is 18.2 Å². The van der Waals surface area contributed by atoms with Gasteiger partial charge in [-0.3, -0.25) is 4.79 Å². The van der Waals surface area contributed by atoms with Crippen molar-refractivity contribution in [2.24, 2.45) is 5.92 Å². The van der Waals surface area contributed by atoms with Crippen molar-refractivity contribution in [3.8, 4) is 5.75 Å². The molecule has 0 aromatic heterocycles. The van der Waals surface area contributed by atoms with Crippen LogP contribution in [0.4, 0.5) is 13.2 Å². The molecule has 1 aromatic carbocycles. The van der Waals surface area contributed by atoms with Crippen molar-refractivity contribution in [2.45, 2.75) is 32.8 Å². The molecule has 1 atom stereocenters. The van der Waals surface area contributed by atoms with Crippen LogP contribution in [0.1, 0.15) is 19.4 Å². The van der Waals surface area contributed by atoms with E-state index in [0.29, 0.717) is 5.56 Å². The van der Waals surface area contributed by atoms with E-state index in [0.717, 1.165) is 0 Å². The van der Waals surface area contributed by atoms with Gasteiger partial charge in [-0.05, 0) is 23.6 Å². The fraction of sp³-hybridized carbons (Fsp3) is 0.462. The molecule has 0 amide bonds. The first-order valence-corrected chi connectivity index (χ1v) is 6.00. The molecule has 4 nitrogen and oxygen atoms in total. The van der Waals surface area contributed by atoms with Crippen LogP contribution in [0.2, 0.25) is 0 Å². The first-order valence-electron chi connectivity index (χ1n) is 6.00. The van der Waals surface area contributed by atoms with Crippen LogP contribution in [-0.4, -0.2) is 23.5 Å². The van der Waals surface area contributed by atoms with Crippen molar-refractivity contribution in [3.05, 3.63) is 29.8 Å². The molecule has 0 bridgehead atoms. The molecule has 0 saturated heterocycles. The van der Waals surface area contributed by atoms with Gasteiger partial charge in [0.2, 0.25) is 0 Å². The highest BCUT2D eigenvalue weighted by atomic mass is 19.4. The van der Waals surface area contributed by atoms with Gasteiger partial charge in [-0.25, -0.2) is 0 Å². The van der Waals surface area contributed by atoms with Gasteiger partial charge in [-0.2, -0.15) is 0 Å². The smallest absolute Gasteiger partial charge is 0.480 e. The Morgan fingerprint density at radius 2 is 1.85 bits per heavy atom. The van der Waals surface area contributed by atoms with Crippen molar-refractivity contribution < 1.29 is 27.8 Å². The first-order chi connectivity index (χ1) is 9.19. The molecule has 0 radical (unpaired) electrons. The van der Waals surface area contributed by atoms with Gasteiger partial charge in [0.1, 0.15) is 11.8 Å². The Balaban J connectivity index is 2.59. The standard InChI is InChI=1S/C13H16F3NO3/c1-8(2)11(12(18)19)17-7-9-3-5-10(6-4-9)20-13(14,15)16/h3-6,8,11,17H,7H2,1-2H3,(H,18,19)/t11-/m1/s1. The Hall–Kier alpha value is -1.76. The summed E-state index contributed by atoms with van der Waals surface area (Å²) in [5.74, 6) is -1.36. The van der Waals surface area contributed by atoms with Crippen LogP contribution in [0.25, 0.3) is 0 Å². The van der Waals surface area contributed by atoms with Gasteiger partial charge in [0.25, 0.3) is 0 Å². The van der Waals surface area contributed by atoms with Gasteiger partial charge >= 0.3 is 12.3 Å². The zero-order valence-corrected chi connectivity index (χ0v) is 11.1. The largest absolute Gasteiger partial charge is 0.573 e. The fourth-order valence-corrected chi connectivity index (χ4v) is 1.64. The van der Waals surface area contributed by atoms with Gasteiger partial charge in [-0.15, -0.1) is 13.2 Å². The summed E-state index contributed by atoms with van der Waals surface area (Å²) in [6, 6.07) is 4.58. The number of carbonyl (C=O) groups is 1. The predicted molar refractivity (Wildman–Crippen MR) is 66.2 cm³/mol. The molecule has 20 heavy (non-hydrogen) atoms. The van der Waals surface area contributed by atoms with Crippen LogP contribution in [0, 0.1) is 5.92 Å². The number of nitrogens with one attached hydrogen (secondary N) is 1. The van der Waals surface area contributed by atoms with E-state index in [1.807, 2.05) is 0 Å². The summed E-state index contributed by atoms with van der Waals surface area (Å²) < 4.78 is 39.7. The maximum atomic E-state index is 12.0.